The Morgan fingerprint density at radius 3 is 2.09 bits per heavy atom. The molecule has 0 radical (unpaired) electrons. The third kappa shape index (κ3) is 4.89. The molecular weight excluding hydrogens is 311 g/mol. The summed E-state index contributed by atoms with van der Waals surface area (Å²) in [5, 5.41) is 0. The second-order valence-corrected chi connectivity index (χ2v) is 5.53. The number of ketones is 1. The Hall–Kier alpha value is -1.79. The number of nitrogens with one attached hydrogen (secondary N) is 1. The van der Waals surface area contributed by atoms with Gasteiger partial charge in [-0.15, -0.1) is 0 Å². The largest absolute Gasteiger partial charge is 0.405 e. The molecule has 1 N–H and O–H groups in total. The molecule has 0 heterocycles. The summed E-state index contributed by atoms with van der Waals surface area (Å²) in [7, 11) is 0. The summed E-state index contributed by atoms with van der Waals surface area (Å²) in [6.07, 6.45) is -5.13. The van der Waals surface area contributed by atoms with Crippen molar-refractivity contribution in [3.05, 3.63) is 66.2 Å². The van der Waals surface area contributed by atoms with E-state index in [4.69, 9.17) is 0 Å². The average molecular weight is 325 g/mol. The number of carbonyl (C=O) groups is 1. The standard InChI is InChI=1S/C16H14F3NOS/c17-16(18,19)15(20-22-13-9-5-2-6-10-13)11-14(21)12-7-3-1-4-8-12/h1-10,15,20H,11H2. The minimum atomic E-state index is -4.49. The van der Waals surface area contributed by atoms with Crippen LogP contribution in [0.1, 0.15) is 16.8 Å². The second kappa shape index (κ2) is 7.47. The Kier molecular flexibility index (Phi) is 5.63. The lowest BCUT2D eigenvalue weighted by Gasteiger charge is -2.20. The second-order valence-electron chi connectivity index (χ2n) is 4.62. The van der Waals surface area contributed by atoms with Crippen LogP contribution >= 0.6 is 11.9 Å². The van der Waals surface area contributed by atoms with Gasteiger partial charge in [-0.3, -0.25) is 4.79 Å². The van der Waals surface area contributed by atoms with Crippen LogP contribution in [0.2, 0.25) is 0 Å². The lowest BCUT2D eigenvalue weighted by atomic mass is 10.0. The van der Waals surface area contributed by atoms with Crippen molar-refractivity contribution in [2.75, 3.05) is 0 Å². The Morgan fingerprint density at radius 1 is 1.00 bits per heavy atom. The zero-order valence-electron chi connectivity index (χ0n) is 11.5. The number of hydrogen-bond acceptors (Lipinski definition) is 3. The molecule has 0 aromatic heterocycles. The van der Waals surface area contributed by atoms with E-state index >= 15 is 0 Å². The summed E-state index contributed by atoms with van der Waals surface area (Å²) in [6, 6.07) is 14.7. The Morgan fingerprint density at radius 2 is 1.55 bits per heavy atom. The molecule has 2 nitrogen and oxygen atoms in total. The summed E-state index contributed by atoms with van der Waals surface area (Å²) in [5.41, 5.74) is 0.281. The fourth-order valence-electron chi connectivity index (χ4n) is 1.78. The van der Waals surface area contributed by atoms with Gasteiger partial charge in [0.05, 0.1) is 0 Å². The zero-order chi connectivity index (χ0) is 16.0. The highest BCUT2D eigenvalue weighted by atomic mass is 32.2. The SMILES string of the molecule is O=C(CC(NSc1ccccc1)C(F)(F)F)c1ccccc1. The zero-order valence-corrected chi connectivity index (χ0v) is 12.3. The van der Waals surface area contributed by atoms with E-state index in [1.807, 2.05) is 0 Å². The fourth-order valence-corrected chi connectivity index (χ4v) is 2.57. The van der Waals surface area contributed by atoms with Crippen LogP contribution in [0.3, 0.4) is 0 Å². The van der Waals surface area contributed by atoms with Gasteiger partial charge in [0.2, 0.25) is 0 Å². The number of benzene rings is 2. The number of hydrogen-bond donors (Lipinski definition) is 1. The Bertz CT molecular complexity index is 602. The first-order chi connectivity index (χ1) is 10.5. The smallest absolute Gasteiger partial charge is 0.294 e. The normalized spacial score (nSPS) is 12.9. The lowest BCUT2D eigenvalue weighted by molar-refractivity contribution is -0.150. The molecular formula is C16H14F3NOS. The van der Waals surface area contributed by atoms with Gasteiger partial charge in [0.25, 0.3) is 0 Å². The highest BCUT2D eigenvalue weighted by Gasteiger charge is 2.41. The van der Waals surface area contributed by atoms with E-state index in [-0.39, 0.29) is 5.56 Å². The van der Waals surface area contributed by atoms with Crippen molar-refractivity contribution in [1.82, 2.24) is 4.72 Å². The summed E-state index contributed by atoms with van der Waals surface area (Å²) < 4.78 is 41.6. The lowest BCUT2D eigenvalue weighted by Crippen LogP contribution is -2.40. The summed E-state index contributed by atoms with van der Waals surface area (Å²) in [6.45, 7) is 0. The molecule has 116 valence electrons. The van der Waals surface area contributed by atoms with Crippen LogP contribution in [0.5, 0.6) is 0 Å². The predicted octanol–water partition coefficient (Wildman–Crippen LogP) is 4.49. The van der Waals surface area contributed by atoms with Crippen molar-refractivity contribution in [2.45, 2.75) is 23.5 Å². The van der Waals surface area contributed by atoms with Crippen molar-refractivity contribution in [1.29, 1.82) is 0 Å². The maximum Gasteiger partial charge on any atom is 0.405 e. The molecule has 1 unspecified atom stereocenters. The van der Waals surface area contributed by atoms with Gasteiger partial charge in [0.15, 0.2) is 5.78 Å². The molecule has 0 saturated carbocycles. The minimum Gasteiger partial charge on any atom is -0.294 e. The average Bonchev–Trinajstić information content (AvgIpc) is 2.52. The van der Waals surface area contributed by atoms with E-state index in [1.165, 1.54) is 12.1 Å². The first kappa shape index (κ1) is 16.6. The van der Waals surface area contributed by atoms with Crippen LogP contribution in [0.4, 0.5) is 13.2 Å². The van der Waals surface area contributed by atoms with Crippen molar-refractivity contribution < 1.29 is 18.0 Å². The van der Waals surface area contributed by atoms with Gasteiger partial charge >= 0.3 is 6.18 Å². The number of carbonyl (C=O) groups excluding carboxylic acids is 1. The van der Waals surface area contributed by atoms with Gasteiger partial charge in [0, 0.05) is 16.9 Å². The molecule has 2 aromatic carbocycles. The van der Waals surface area contributed by atoms with Crippen molar-refractivity contribution >= 4 is 17.7 Å². The maximum atomic E-state index is 13.1. The van der Waals surface area contributed by atoms with E-state index in [9.17, 15) is 18.0 Å². The monoisotopic (exact) mass is 325 g/mol. The van der Waals surface area contributed by atoms with Crippen LogP contribution < -0.4 is 4.72 Å². The summed E-state index contributed by atoms with van der Waals surface area (Å²) in [5.74, 6) is -0.538. The third-order valence-electron chi connectivity index (χ3n) is 2.94. The Balaban J connectivity index is 2.02. The molecule has 0 aliphatic rings. The fraction of sp³-hybridized carbons (Fsp3) is 0.188. The van der Waals surface area contributed by atoms with Crippen LogP contribution in [-0.4, -0.2) is 18.0 Å². The third-order valence-corrected chi connectivity index (χ3v) is 3.85. The summed E-state index contributed by atoms with van der Waals surface area (Å²) in [4.78, 5) is 12.6. The molecule has 1 atom stereocenters. The van der Waals surface area contributed by atoms with Crippen molar-refractivity contribution in [2.24, 2.45) is 0 Å². The molecule has 0 aliphatic carbocycles. The molecule has 0 saturated heterocycles. The predicted molar refractivity (Wildman–Crippen MR) is 80.7 cm³/mol. The van der Waals surface area contributed by atoms with Crippen molar-refractivity contribution in [3.8, 4) is 0 Å². The van der Waals surface area contributed by atoms with E-state index < -0.39 is 24.4 Å². The first-order valence-electron chi connectivity index (χ1n) is 6.59. The minimum absolute atomic E-state index is 0.281. The molecule has 0 spiro atoms. The van der Waals surface area contributed by atoms with E-state index in [1.54, 1.807) is 48.5 Å². The number of Topliss-reactive ketones (excluding diaryl/α,β-unsaturated/α-hetero) is 1. The van der Waals surface area contributed by atoms with Crippen LogP contribution in [0.25, 0.3) is 0 Å². The molecule has 0 amide bonds. The first-order valence-corrected chi connectivity index (χ1v) is 7.41. The van der Waals surface area contributed by atoms with E-state index in [0.29, 0.717) is 4.90 Å². The molecule has 0 aliphatic heterocycles. The van der Waals surface area contributed by atoms with Gasteiger partial charge in [-0.25, -0.2) is 4.72 Å². The van der Waals surface area contributed by atoms with Crippen molar-refractivity contribution in [3.63, 3.8) is 0 Å². The number of rotatable bonds is 6. The topological polar surface area (TPSA) is 29.1 Å². The molecule has 22 heavy (non-hydrogen) atoms. The van der Waals surface area contributed by atoms with Crippen LogP contribution in [0, 0.1) is 0 Å². The number of alkyl halides is 3. The quantitative estimate of drug-likeness (QED) is 0.627. The van der Waals surface area contributed by atoms with E-state index in [0.717, 1.165) is 11.9 Å². The molecule has 2 aromatic rings. The summed E-state index contributed by atoms with van der Waals surface area (Å²) >= 11 is 0.870. The molecule has 2 rings (SSSR count). The highest BCUT2D eigenvalue weighted by molar-refractivity contribution is 7.97. The maximum absolute atomic E-state index is 13.1. The van der Waals surface area contributed by atoms with Gasteiger partial charge in [0.1, 0.15) is 6.04 Å². The highest BCUT2D eigenvalue weighted by Crippen LogP contribution is 2.27. The van der Waals surface area contributed by atoms with Gasteiger partial charge in [-0.05, 0) is 24.1 Å². The van der Waals surface area contributed by atoms with Gasteiger partial charge < -0.3 is 0 Å². The van der Waals surface area contributed by atoms with Gasteiger partial charge in [-0.1, -0.05) is 48.5 Å². The van der Waals surface area contributed by atoms with Crippen LogP contribution in [-0.2, 0) is 0 Å². The molecule has 0 fully saturated rings. The van der Waals surface area contributed by atoms with E-state index in [2.05, 4.69) is 4.72 Å². The molecule has 6 heteroatoms. The Labute approximate surface area is 130 Å². The molecule has 0 bridgehead atoms. The number of halogens is 3. The van der Waals surface area contributed by atoms with Gasteiger partial charge in [-0.2, -0.15) is 13.2 Å². The van der Waals surface area contributed by atoms with Crippen LogP contribution in [0.15, 0.2) is 65.6 Å².